The Hall–Kier alpha value is -3.08. The highest BCUT2D eigenvalue weighted by Gasteiger charge is 2.15. The summed E-state index contributed by atoms with van der Waals surface area (Å²) in [6.07, 6.45) is 3.83. The summed E-state index contributed by atoms with van der Waals surface area (Å²) in [6, 6.07) is 15.0. The smallest absolute Gasteiger partial charge is 0.171 e. The highest BCUT2D eigenvalue weighted by Crippen LogP contribution is 2.25. The quantitative estimate of drug-likeness (QED) is 0.653. The predicted molar refractivity (Wildman–Crippen MR) is 91.1 cm³/mol. The van der Waals surface area contributed by atoms with Gasteiger partial charge in [-0.3, -0.25) is 4.79 Å². The summed E-state index contributed by atoms with van der Waals surface area (Å²) >= 11 is 0. The Morgan fingerprint density at radius 3 is 2.58 bits per heavy atom. The standard InChI is InChI=1S/C19H18N2O3/c1-23-16-8-9-17(19(11-16)24-2)18(22)10-14-12-20-21(13-14)15-6-4-3-5-7-15/h3-9,11-13H,10H2,1-2H3. The lowest BCUT2D eigenvalue weighted by Gasteiger charge is -2.09. The van der Waals surface area contributed by atoms with Crippen LogP contribution in [0.3, 0.4) is 0 Å². The molecule has 0 N–H and O–H groups in total. The molecule has 0 fully saturated rings. The molecule has 0 saturated carbocycles. The molecule has 122 valence electrons. The molecule has 24 heavy (non-hydrogen) atoms. The maximum absolute atomic E-state index is 12.6. The van der Waals surface area contributed by atoms with Crippen LogP contribution in [0.4, 0.5) is 0 Å². The fourth-order valence-electron chi connectivity index (χ4n) is 2.48. The van der Waals surface area contributed by atoms with E-state index in [9.17, 15) is 4.79 Å². The number of hydrogen-bond donors (Lipinski definition) is 0. The Labute approximate surface area is 140 Å². The van der Waals surface area contributed by atoms with E-state index < -0.39 is 0 Å². The van der Waals surface area contributed by atoms with Crippen LogP contribution < -0.4 is 9.47 Å². The molecule has 0 aliphatic carbocycles. The summed E-state index contributed by atoms with van der Waals surface area (Å²) < 4.78 is 12.2. The molecule has 1 aromatic heterocycles. The second kappa shape index (κ2) is 7.00. The highest BCUT2D eigenvalue weighted by atomic mass is 16.5. The van der Waals surface area contributed by atoms with Gasteiger partial charge in [0, 0.05) is 18.7 Å². The minimum absolute atomic E-state index is 0.0258. The van der Waals surface area contributed by atoms with E-state index in [2.05, 4.69) is 5.10 Å². The van der Waals surface area contributed by atoms with Gasteiger partial charge in [0.2, 0.25) is 0 Å². The number of rotatable bonds is 6. The minimum atomic E-state index is -0.0258. The monoisotopic (exact) mass is 322 g/mol. The molecule has 3 rings (SSSR count). The third kappa shape index (κ3) is 3.30. The summed E-state index contributed by atoms with van der Waals surface area (Å²) in [5.74, 6) is 1.14. The first-order chi connectivity index (χ1) is 11.7. The van der Waals surface area contributed by atoms with Crippen molar-refractivity contribution in [3.63, 3.8) is 0 Å². The Kier molecular flexibility index (Phi) is 4.61. The zero-order valence-electron chi connectivity index (χ0n) is 13.6. The average Bonchev–Trinajstić information content (AvgIpc) is 3.10. The van der Waals surface area contributed by atoms with Gasteiger partial charge < -0.3 is 9.47 Å². The molecule has 5 nitrogen and oxygen atoms in total. The molecule has 0 atom stereocenters. The van der Waals surface area contributed by atoms with E-state index in [0.29, 0.717) is 17.1 Å². The number of para-hydroxylation sites is 1. The first-order valence-electron chi connectivity index (χ1n) is 7.55. The van der Waals surface area contributed by atoms with Crippen LogP contribution in [0.1, 0.15) is 15.9 Å². The maximum Gasteiger partial charge on any atom is 0.171 e. The minimum Gasteiger partial charge on any atom is -0.497 e. The van der Waals surface area contributed by atoms with E-state index in [1.54, 1.807) is 43.3 Å². The number of aromatic nitrogens is 2. The average molecular weight is 322 g/mol. The van der Waals surface area contributed by atoms with Crippen LogP contribution in [-0.4, -0.2) is 29.8 Å². The number of benzene rings is 2. The van der Waals surface area contributed by atoms with E-state index in [0.717, 1.165) is 11.3 Å². The Morgan fingerprint density at radius 2 is 1.88 bits per heavy atom. The van der Waals surface area contributed by atoms with Crippen molar-refractivity contribution in [2.45, 2.75) is 6.42 Å². The van der Waals surface area contributed by atoms with E-state index in [1.165, 1.54) is 0 Å². The Balaban J connectivity index is 1.79. The van der Waals surface area contributed by atoms with Crippen molar-refractivity contribution >= 4 is 5.78 Å². The zero-order valence-corrected chi connectivity index (χ0v) is 13.6. The molecule has 0 bridgehead atoms. The lowest BCUT2D eigenvalue weighted by molar-refractivity contribution is 0.0990. The summed E-state index contributed by atoms with van der Waals surface area (Å²) in [5, 5.41) is 4.32. The van der Waals surface area contributed by atoms with Gasteiger partial charge in [0.15, 0.2) is 5.78 Å². The third-order valence-electron chi connectivity index (χ3n) is 3.73. The number of ketones is 1. The summed E-state index contributed by atoms with van der Waals surface area (Å²) in [7, 11) is 3.12. The van der Waals surface area contributed by atoms with Gasteiger partial charge in [0.05, 0.1) is 31.7 Å². The molecule has 3 aromatic rings. The molecule has 0 radical (unpaired) electrons. The van der Waals surface area contributed by atoms with Gasteiger partial charge in [-0.05, 0) is 29.8 Å². The van der Waals surface area contributed by atoms with Crippen molar-refractivity contribution in [1.82, 2.24) is 9.78 Å². The molecule has 0 saturated heterocycles. The number of carbonyl (C=O) groups is 1. The van der Waals surface area contributed by atoms with Crippen molar-refractivity contribution in [2.24, 2.45) is 0 Å². The SMILES string of the molecule is COc1ccc(C(=O)Cc2cnn(-c3ccccc3)c2)c(OC)c1. The number of nitrogens with zero attached hydrogens (tertiary/aromatic N) is 2. The number of carbonyl (C=O) groups excluding carboxylic acids is 1. The maximum atomic E-state index is 12.6. The van der Waals surface area contributed by atoms with Crippen molar-refractivity contribution in [2.75, 3.05) is 14.2 Å². The van der Waals surface area contributed by atoms with Gasteiger partial charge >= 0.3 is 0 Å². The number of Topliss-reactive ketones (excluding diaryl/α,β-unsaturated/α-hetero) is 1. The molecule has 1 heterocycles. The van der Waals surface area contributed by atoms with Gasteiger partial charge in [0.1, 0.15) is 11.5 Å². The van der Waals surface area contributed by atoms with Crippen molar-refractivity contribution in [1.29, 1.82) is 0 Å². The Bertz CT molecular complexity index is 841. The lowest BCUT2D eigenvalue weighted by atomic mass is 10.0. The molecule has 0 aliphatic rings. The van der Waals surface area contributed by atoms with Crippen LogP contribution in [0, 0.1) is 0 Å². The van der Waals surface area contributed by atoms with Crippen molar-refractivity contribution in [3.8, 4) is 17.2 Å². The molecular formula is C19H18N2O3. The van der Waals surface area contributed by atoms with Crippen molar-refractivity contribution in [3.05, 3.63) is 72.1 Å². The first kappa shape index (κ1) is 15.8. The van der Waals surface area contributed by atoms with Gasteiger partial charge in [-0.25, -0.2) is 4.68 Å². The van der Waals surface area contributed by atoms with Crippen LogP contribution in [0.15, 0.2) is 60.9 Å². The molecule has 0 unspecified atom stereocenters. The Morgan fingerprint density at radius 1 is 1.08 bits per heavy atom. The number of hydrogen-bond acceptors (Lipinski definition) is 4. The molecule has 0 amide bonds. The lowest BCUT2D eigenvalue weighted by Crippen LogP contribution is -2.05. The van der Waals surface area contributed by atoms with Gasteiger partial charge in [0.25, 0.3) is 0 Å². The largest absolute Gasteiger partial charge is 0.497 e. The third-order valence-corrected chi connectivity index (χ3v) is 3.73. The number of methoxy groups -OCH3 is 2. The first-order valence-corrected chi connectivity index (χ1v) is 7.55. The molecule has 0 spiro atoms. The molecule has 0 aliphatic heterocycles. The van der Waals surface area contributed by atoms with E-state index >= 15 is 0 Å². The van der Waals surface area contributed by atoms with E-state index in [1.807, 2.05) is 36.5 Å². The van der Waals surface area contributed by atoms with Crippen LogP contribution >= 0.6 is 0 Å². The predicted octanol–water partition coefficient (Wildman–Crippen LogP) is 3.31. The fourth-order valence-corrected chi connectivity index (χ4v) is 2.48. The summed E-state index contributed by atoms with van der Waals surface area (Å²) in [4.78, 5) is 12.6. The topological polar surface area (TPSA) is 53.3 Å². The van der Waals surface area contributed by atoms with Gasteiger partial charge in [-0.1, -0.05) is 18.2 Å². The molecular weight excluding hydrogens is 304 g/mol. The number of ether oxygens (including phenoxy) is 2. The van der Waals surface area contributed by atoms with Gasteiger partial charge in [-0.2, -0.15) is 5.10 Å². The summed E-state index contributed by atoms with van der Waals surface area (Å²) in [6.45, 7) is 0. The van der Waals surface area contributed by atoms with Crippen LogP contribution in [-0.2, 0) is 6.42 Å². The van der Waals surface area contributed by atoms with E-state index in [-0.39, 0.29) is 12.2 Å². The molecule has 2 aromatic carbocycles. The van der Waals surface area contributed by atoms with Crippen LogP contribution in [0.25, 0.3) is 5.69 Å². The highest BCUT2D eigenvalue weighted by molar-refractivity contribution is 6.00. The normalized spacial score (nSPS) is 10.4. The van der Waals surface area contributed by atoms with Crippen LogP contribution in [0.2, 0.25) is 0 Å². The van der Waals surface area contributed by atoms with Crippen molar-refractivity contribution < 1.29 is 14.3 Å². The van der Waals surface area contributed by atoms with E-state index in [4.69, 9.17) is 9.47 Å². The second-order valence-electron chi connectivity index (χ2n) is 5.29. The zero-order chi connectivity index (χ0) is 16.9. The van der Waals surface area contributed by atoms with Crippen LogP contribution in [0.5, 0.6) is 11.5 Å². The fraction of sp³-hybridized carbons (Fsp3) is 0.158. The molecule has 5 heteroatoms. The van der Waals surface area contributed by atoms with Gasteiger partial charge in [-0.15, -0.1) is 0 Å². The summed E-state index contributed by atoms with van der Waals surface area (Å²) in [5.41, 5.74) is 2.34. The second-order valence-corrected chi connectivity index (χ2v) is 5.29.